The third-order valence-electron chi connectivity index (χ3n) is 4.11. The van der Waals surface area contributed by atoms with E-state index in [0.29, 0.717) is 16.6 Å². The molecule has 0 bridgehead atoms. The number of hydrogen-bond acceptors (Lipinski definition) is 2. The van der Waals surface area contributed by atoms with Crippen LogP contribution in [0.15, 0.2) is 48.5 Å². The van der Waals surface area contributed by atoms with Crippen molar-refractivity contribution in [3.05, 3.63) is 69.7 Å². The Kier molecular flexibility index (Phi) is 7.69. The van der Waals surface area contributed by atoms with Crippen LogP contribution < -0.4 is 5.32 Å². The second kappa shape index (κ2) is 9.77. The Morgan fingerprint density at radius 3 is 2.22 bits per heavy atom. The molecule has 1 atom stereocenters. The number of nitrogens with one attached hydrogen (secondary N) is 1. The number of benzene rings is 2. The summed E-state index contributed by atoms with van der Waals surface area (Å²) >= 11 is 12.0. The molecule has 0 radical (unpaired) electrons. The number of hydrogen-bond donors (Lipinski definition) is 1. The predicted octanol–water partition coefficient (Wildman–Crippen LogP) is 4.48. The van der Waals surface area contributed by atoms with Crippen molar-refractivity contribution in [1.29, 1.82) is 0 Å². The van der Waals surface area contributed by atoms with Gasteiger partial charge >= 0.3 is 0 Å². The van der Waals surface area contributed by atoms with Gasteiger partial charge in [-0.05, 0) is 56.2 Å². The summed E-state index contributed by atoms with van der Waals surface area (Å²) in [6, 6.07) is 13.8. The minimum Gasteiger partial charge on any atom is -0.352 e. The Hall–Kier alpha value is -2.04. The van der Waals surface area contributed by atoms with Crippen LogP contribution in [0, 0.1) is 0 Å². The molecule has 0 aromatic heterocycles. The minimum atomic E-state index is -0.602. The van der Waals surface area contributed by atoms with Gasteiger partial charge in [-0.2, -0.15) is 0 Å². The molecule has 0 fully saturated rings. The monoisotopic (exact) mass is 406 g/mol. The molecule has 0 saturated carbocycles. The molecular weight excluding hydrogens is 383 g/mol. The molecule has 1 N–H and O–H groups in total. The lowest BCUT2D eigenvalue weighted by atomic mass is 10.1. The van der Waals surface area contributed by atoms with Crippen LogP contribution in [0.4, 0.5) is 0 Å². The van der Waals surface area contributed by atoms with E-state index >= 15 is 0 Å². The van der Waals surface area contributed by atoms with E-state index in [1.165, 1.54) is 0 Å². The van der Waals surface area contributed by atoms with Crippen molar-refractivity contribution in [2.24, 2.45) is 0 Å². The van der Waals surface area contributed by atoms with E-state index in [9.17, 15) is 9.59 Å². The average molecular weight is 407 g/mol. The quantitative estimate of drug-likeness (QED) is 0.736. The first kappa shape index (κ1) is 21.3. The van der Waals surface area contributed by atoms with Gasteiger partial charge < -0.3 is 10.2 Å². The largest absolute Gasteiger partial charge is 0.352 e. The summed E-state index contributed by atoms with van der Waals surface area (Å²) in [4.78, 5) is 27.1. The molecule has 0 aliphatic carbocycles. The highest BCUT2D eigenvalue weighted by molar-refractivity contribution is 6.30. The summed E-state index contributed by atoms with van der Waals surface area (Å²) < 4.78 is 0. The number of carbonyl (C=O) groups excluding carboxylic acids is 2. The Morgan fingerprint density at radius 2 is 1.63 bits per heavy atom. The Morgan fingerprint density at radius 1 is 0.963 bits per heavy atom. The molecule has 2 aromatic carbocycles. The minimum absolute atomic E-state index is 0.000337. The topological polar surface area (TPSA) is 49.4 Å². The predicted molar refractivity (Wildman–Crippen MR) is 110 cm³/mol. The lowest BCUT2D eigenvalue weighted by molar-refractivity contribution is -0.140. The molecule has 2 aromatic rings. The van der Waals surface area contributed by atoms with Crippen LogP contribution in [0.1, 0.15) is 31.9 Å². The summed E-state index contributed by atoms with van der Waals surface area (Å²) in [5.41, 5.74) is 1.72. The highest BCUT2D eigenvalue weighted by Gasteiger charge is 2.26. The molecule has 4 nitrogen and oxygen atoms in total. The molecule has 0 saturated heterocycles. The fourth-order valence-corrected chi connectivity index (χ4v) is 3.04. The van der Waals surface area contributed by atoms with Crippen molar-refractivity contribution in [1.82, 2.24) is 10.2 Å². The van der Waals surface area contributed by atoms with Crippen LogP contribution in [-0.2, 0) is 22.6 Å². The van der Waals surface area contributed by atoms with E-state index < -0.39 is 6.04 Å². The second-order valence-corrected chi connectivity index (χ2v) is 7.67. The highest BCUT2D eigenvalue weighted by atomic mass is 35.5. The summed E-state index contributed by atoms with van der Waals surface area (Å²) in [6.07, 6.45) is 0.174. The van der Waals surface area contributed by atoms with Crippen molar-refractivity contribution < 1.29 is 9.59 Å². The van der Waals surface area contributed by atoms with E-state index in [0.717, 1.165) is 11.1 Å². The Bertz CT molecular complexity index is 791. The zero-order valence-corrected chi connectivity index (χ0v) is 17.2. The van der Waals surface area contributed by atoms with Gasteiger partial charge in [0.2, 0.25) is 11.8 Å². The molecule has 0 aliphatic heterocycles. The maximum absolute atomic E-state index is 13.0. The van der Waals surface area contributed by atoms with Gasteiger partial charge in [-0.3, -0.25) is 9.59 Å². The number of nitrogens with zero attached hydrogens (tertiary/aromatic N) is 1. The van der Waals surface area contributed by atoms with Crippen molar-refractivity contribution >= 4 is 35.0 Å². The van der Waals surface area contributed by atoms with Gasteiger partial charge in [-0.25, -0.2) is 0 Å². The molecule has 2 amide bonds. The van der Waals surface area contributed by atoms with E-state index in [1.807, 2.05) is 38.1 Å². The average Bonchev–Trinajstić information content (AvgIpc) is 2.60. The number of amides is 2. The molecule has 0 spiro atoms. The van der Waals surface area contributed by atoms with Gasteiger partial charge in [-0.1, -0.05) is 47.5 Å². The maximum atomic E-state index is 13.0. The first-order valence-electron chi connectivity index (χ1n) is 8.85. The smallest absolute Gasteiger partial charge is 0.242 e. The van der Waals surface area contributed by atoms with Crippen LogP contribution in [0.5, 0.6) is 0 Å². The fourth-order valence-electron chi connectivity index (χ4n) is 2.70. The van der Waals surface area contributed by atoms with Crippen LogP contribution in [0.25, 0.3) is 0 Å². The van der Waals surface area contributed by atoms with Gasteiger partial charge in [0.15, 0.2) is 0 Å². The van der Waals surface area contributed by atoms with E-state index in [4.69, 9.17) is 23.2 Å². The van der Waals surface area contributed by atoms with Crippen LogP contribution in [0.2, 0.25) is 10.0 Å². The zero-order chi connectivity index (χ0) is 20.0. The third kappa shape index (κ3) is 6.56. The number of rotatable bonds is 7. The summed E-state index contributed by atoms with van der Waals surface area (Å²) in [7, 11) is 0. The van der Waals surface area contributed by atoms with Gasteiger partial charge in [0, 0.05) is 22.6 Å². The molecule has 0 heterocycles. The van der Waals surface area contributed by atoms with E-state index in [2.05, 4.69) is 5.32 Å². The Labute approximate surface area is 170 Å². The molecule has 0 aliphatic rings. The van der Waals surface area contributed by atoms with Gasteiger partial charge in [-0.15, -0.1) is 0 Å². The van der Waals surface area contributed by atoms with Gasteiger partial charge in [0.1, 0.15) is 6.04 Å². The van der Waals surface area contributed by atoms with Crippen molar-refractivity contribution in [2.45, 2.75) is 45.8 Å². The zero-order valence-electron chi connectivity index (χ0n) is 15.7. The summed E-state index contributed by atoms with van der Waals surface area (Å²) in [5.74, 6) is -0.322. The number of halogens is 2. The molecule has 27 heavy (non-hydrogen) atoms. The van der Waals surface area contributed by atoms with E-state index in [1.54, 1.807) is 36.1 Å². The summed E-state index contributed by atoms with van der Waals surface area (Å²) in [6.45, 7) is 5.84. The first-order chi connectivity index (χ1) is 12.8. The Balaban J connectivity index is 2.22. The molecule has 144 valence electrons. The van der Waals surface area contributed by atoms with Crippen molar-refractivity contribution in [2.75, 3.05) is 0 Å². The standard InChI is InChI=1S/C21H24Cl2N2O2/c1-14(2)24-21(27)15(3)25(13-16-7-9-18(22)10-8-16)20(26)12-17-5-4-6-19(23)11-17/h4-11,14-15H,12-13H2,1-3H3,(H,24,27)/t15-/m1/s1. The number of carbonyl (C=O) groups is 2. The lowest BCUT2D eigenvalue weighted by Gasteiger charge is -2.29. The molecule has 0 unspecified atom stereocenters. The van der Waals surface area contributed by atoms with Crippen molar-refractivity contribution in [3.63, 3.8) is 0 Å². The second-order valence-electron chi connectivity index (χ2n) is 6.79. The van der Waals surface area contributed by atoms with Crippen LogP contribution >= 0.6 is 23.2 Å². The van der Waals surface area contributed by atoms with Crippen LogP contribution in [-0.4, -0.2) is 28.8 Å². The molecule has 2 rings (SSSR count). The van der Waals surface area contributed by atoms with E-state index in [-0.39, 0.29) is 24.3 Å². The first-order valence-corrected chi connectivity index (χ1v) is 9.60. The van der Waals surface area contributed by atoms with Gasteiger partial charge in [0.05, 0.1) is 6.42 Å². The fraction of sp³-hybridized carbons (Fsp3) is 0.333. The highest BCUT2D eigenvalue weighted by Crippen LogP contribution is 2.17. The molecular formula is C21H24Cl2N2O2. The van der Waals surface area contributed by atoms with Crippen LogP contribution in [0.3, 0.4) is 0 Å². The third-order valence-corrected chi connectivity index (χ3v) is 4.60. The SMILES string of the molecule is CC(C)NC(=O)[C@@H](C)N(Cc1ccc(Cl)cc1)C(=O)Cc1cccc(Cl)c1. The maximum Gasteiger partial charge on any atom is 0.242 e. The lowest BCUT2D eigenvalue weighted by Crippen LogP contribution is -2.49. The normalized spacial score (nSPS) is 11.9. The summed E-state index contributed by atoms with van der Waals surface area (Å²) in [5, 5.41) is 4.08. The van der Waals surface area contributed by atoms with Crippen molar-refractivity contribution in [3.8, 4) is 0 Å². The van der Waals surface area contributed by atoms with Gasteiger partial charge in [0.25, 0.3) is 0 Å². The molecule has 6 heteroatoms.